The van der Waals surface area contributed by atoms with Gasteiger partial charge in [-0.1, -0.05) is 0 Å². The second kappa shape index (κ2) is 5.05. The molecule has 0 bridgehead atoms. The van der Waals surface area contributed by atoms with Crippen LogP contribution in [0.15, 0.2) is 24.3 Å². The Morgan fingerprint density at radius 2 is 2.11 bits per heavy atom. The molecule has 0 radical (unpaired) electrons. The normalized spacial score (nSPS) is 13.6. The molecule has 2 aromatic rings. The van der Waals surface area contributed by atoms with Crippen LogP contribution in [0.25, 0.3) is 11.3 Å². The quantitative estimate of drug-likeness (QED) is 0.913. The van der Waals surface area contributed by atoms with E-state index in [-0.39, 0.29) is 0 Å². The number of methoxy groups -OCH3 is 1. The summed E-state index contributed by atoms with van der Waals surface area (Å²) in [6.45, 7) is 1.92. The van der Waals surface area contributed by atoms with Gasteiger partial charge in [0.25, 0.3) is 0 Å². The summed E-state index contributed by atoms with van der Waals surface area (Å²) in [5.41, 5.74) is 3.68. The van der Waals surface area contributed by atoms with Gasteiger partial charge in [-0.05, 0) is 44.2 Å². The van der Waals surface area contributed by atoms with Gasteiger partial charge in [0, 0.05) is 17.8 Å². The summed E-state index contributed by atoms with van der Waals surface area (Å²) in [5, 5.41) is 3.19. The van der Waals surface area contributed by atoms with E-state index in [0.29, 0.717) is 0 Å². The highest BCUT2D eigenvalue weighted by Gasteiger charge is 2.21. The molecule has 2 heterocycles. The number of nitrogens with one attached hydrogen (secondary N) is 1. The Balaban J connectivity index is 2.02. The number of ether oxygens (including phenoxy) is 1. The Kier molecular flexibility index (Phi) is 3.25. The van der Waals surface area contributed by atoms with E-state index >= 15 is 0 Å². The molecule has 4 heteroatoms. The summed E-state index contributed by atoms with van der Waals surface area (Å²) >= 11 is 0. The van der Waals surface area contributed by atoms with Crippen LogP contribution >= 0.6 is 0 Å². The van der Waals surface area contributed by atoms with Crippen molar-refractivity contribution >= 4 is 0 Å². The van der Waals surface area contributed by atoms with Crippen molar-refractivity contribution < 1.29 is 4.74 Å². The first-order chi connectivity index (χ1) is 9.33. The zero-order chi connectivity index (χ0) is 13.2. The van der Waals surface area contributed by atoms with Crippen molar-refractivity contribution in [2.75, 3.05) is 14.2 Å². The summed E-state index contributed by atoms with van der Waals surface area (Å²) in [5.74, 6) is 2.02. The van der Waals surface area contributed by atoms with Crippen molar-refractivity contribution in [1.82, 2.24) is 14.9 Å². The summed E-state index contributed by atoms with van der Waals surface area (Å²) < 4.78 is 7.56. The van der Waals surface area contributed by atoms with Crippen LogP contribution in [0.5, 0.6) is 5.75 Å². The van der Waals surface area contributed by atoms with Crippen LogP contribution in [0.3, 0.4) is 0 Å². The molecular weight excluding hydrogens is 238 g/mol. The first-order valence-corrected chi connectivity index (χ1v) is 6.71. The van der Waals surface area contributed by atoms with E-state index in [1.54, 1.807) is 7.11 Å². The Labute approximate surface area is 113 Å². The predicted octanol–water partition coefficient (Wildman–Crippen LogP) is 2.22. The van der Waals surface area contributed by atoms with Crippen molar-refractivity contribution in [2.45, 2.75) is 25.9 Å². The van der Waals surface area contributed by atoms with E-state index in [0.717, 1.165) is 36.8 Å². The molecule has 1 aromatic carbocycles. The fraction of sp³-hybridized carbons (Fsp3) is 0.400. The molecule has 0 saturated carbocycles. The molecular formula is C15H19N3O. The van der Waals surface area contributed by atoms with Gasteiger partial charge in [0.05, 0.1) is 19.3 Å². The van der Waals surface area contributed by atoms with Gasteiger partial charge in [-0.15, -0.1) is 0 Å². The second-order valence-electron chi connectivity index (χ2n) is 4.84. The third kappa shape index (κ3) is 2.12. The number of hydrogen-bond acceptors (Lipinski definition) is 3. The molecule has 3 rings (SSSR count). The van der Waals surface area contributed by atoms with Gasteiger partial charge in [0.2, 0.25) is 0 Å². The molecule has 0 amide bonds. The fourth-order valence-corrected chi connectivity index (χ4v) is 2.73. The first-order valence-electron chi connectivity index (χ1n) is 6.71. The van der Waals surface area contributed by atoms with E-state index < -0.39 is 0 Å². The second-order valence-corrected chi connectivity index (χ2v) is 4.84. The van der Waals surface area contributed by atoms with Crippen LogP contribution in [0.2, 0.25) is 0 Å². The van der Waals surface area contributed by atoms with Gasteiger partial charge in [-0.25, -0.2) is 4.98 Å². The molecule has 0 saturated heterocycles. The minimum absolute atomic E-state index is 0.823. The molecule has 19 heavy (non-hydrogen) atoms. The number of imidazole rings is 1. The highest BCUT2D eigenvalue weighted by molar-refractivity contribution is 5.64. The SMILES string of the molecule is CNCc1nc(-c2ccc(OC)cc2)c2n1CCC2. The Hall–Kier alpha value is -1.81. The van der Waals surface area contributed by atoms with Crippen molar-refractivity contribution in [3.8, 4) is 17.0 Å². The van der Waals surface area contributed by atoms with Crippen LogP contribution in [-0.2, 0) is 19.5 Å². The highest BCUT2D eigenvalue weighted by atomic mass is 16.5. The minimum Gasteiger partial charge on any atom is -0.497 e. The molecule has 1 aromatic heterocycles. The number of benzene rings is 1. The smallest absolute Gasteiger partial charge is 0.123 e. The van der Waals surface area contributed by atoms with E-state index in [2.05, 4.69) is 22.0 Å². The molecule has 0 spiro atoms. The average Bonchev–Trinajstić information content (AvgIpc) is 3.03. The predicted molar refractivity (Wildman–Crippen MR) is 75.3 cm³/mol. The maximum atomic E-state index is 5.21. The van der Waals surface area contributed by atoms with Crippen molar-refractivity contribution in [3.63, 3.8) is 0 Å². The molecule has 0 atom stereocenters. The van der Waals surface area contributed by atoms with Gasteiger partial charge >= 0.3 is 0 Å². The maximum absolute atomic E-state index is 5.21. The average molecular weight is 257 g/mol. The lowest BCUT2D eigenvalue weighted by Gasteiger charge is -2.02. The largest absolute Gasteiger partial charge is 0.497 e. The Morgan fingerprint density at radius 1 is 1.32 bits per heavy atom. The van der Waals surface area contributed by atoms with Crippen molar-refractivity contribution in [2.24, 2.45) is 0 Å². The zero-order valence-corrected chi connectivity index (χ0v) is 11.4. The fourth-order valence-electron chi connectivity index (χ4n) is 2.73. The van der Waals surface area contributed by atoms with Gasteiger partial charge < -0.3 is 14.6 Å². The third-order valence-corrected chi connectivity index (χ3v) is 3.65. The monoisotopic (exact) mass is 257 g/mol. The van der Waals surface area contributed by atoms with Crippen molar-refractivity contribution in [1.29, 1.82) is 0 Å². The number of fused-ring (bicyclic) bond motifs is 1. The number of nitrogens with zero attached hydrogens (tertiary/aromatic N) is 2. The number of rotatable bonds is 4. The number of hydrogen-bond donors (Lipinski definition) is 1. The van der Waals surface area contributed by atoms with Crippen molar-refractivity contribution in [3.05, 3.63) is 35.8 Å². The van der Waals surface area contributed by atoms with Gasteiger partial charge in [-0.2, -0.15) is 0 Å². The molecule has 4 nitrogen and oxygen atoms in total. The summed E-state index contributed by atoms with van der Waals surface area (Å²) in [7, 11) is 3.65. The highest BCUT2D eigenvalue weighted by Crippen LogP contribution is 2.30. The Morgan fingerprint density at radius 3 is 2.79 bits per heavy atom. The van der Waals surface area contributed by atoms with Gasteiger partial charge in [-0.3, -0.25) is 0 Å². The summed E-state index contributed by atoms with van der Waals surface area (Å²) in [6, 6.07) is 8.16. The molecule has 100 valence electrons. The molecule has 1 N–H and O–H groups in total. The van der Waals surface area contributed by atoms with E-state index in [1.165, 1.54) is 17.7 Å². The molecule has 1 aliphatic rings. The lowest BCUT2D eigenvalue weighted by Crippen LogP contribution is -2.11. The van der Waals surface area contributed by atoms with Gasteiger partial charge in [0.15, 0.2) is 0 Å². The number of aromatic nitrogens is 2. The molecule has 0 aliphatic carbocycles. The van der Waals surface area contributed by atoms with Crippen LogP contribution in [0.4, 0.5) is 0 Å². The van der Waals surface area contributed by atoms with E-state index in [9.17, 15) is 0 Å². The van der Waals surface area contributed by atoms with E-state index in [4.69, 9.17) is 9.72 Å². The van der Waals surface area contributed by atoms with Crippen LogP contribution in [0, 0.1) is 0 Å². The lowest BCUT2D eigenvalue weighted by molar-refractivity contribution is 0.415. The molecule has 0 unspecified atom stereocenters. The van der Waals surface area contributed by atoms with E-state index in [1.807, 2.05) is 19.2 Å². The maximum Gasteiger partial charge on any atom is 0.123 e. The molecule has 0 fully saturated rings. The third-order valence-electron chi connectivity index (χ3n) is 3.65. The molecule has 1 aliphatic heterocycles. The van der Waals surface area contributed by atoms with Crippen LogP contribution in [-0.4, -0.2) is 23.7 Å². The zero-order valence-electron chi connectivity index (χ0n) is 11.4. The Bertz CT molecular complexity index is 572. The standard InChI is InChI=1S/C15H19N3O/c1-16-10-14-17-15(13-4-3-9-18(13)14)11-5-7-12(19-2)8-6-11/h5-8,16H,3-4,9-10H2,1-2H3. The van der Waals surface area contributed by atoms with Crippen LogP contribution < -0.4 is 10.1 Å². The first kappa shape index (κ1) is 12.2. The topological polar surface area (TPSA) is 39.1 Å². The summed E-state index contributed by atoms with van der Waals surface area (Å²) in [4.78, 5) is 4.81. The van der Waals surface area contributed by atoms with Gasteiger partial charge in [0.1, 0.15) is 11.6 Å². The lowest BCUT2D eigenvalue weighted by atomic mass is 10.1. The minimum atomic E-state index is 0.823. The van der Waals surface area contributed by atoms with Crippen LogP contribution in [0.1, 0.15) is 17.9 Å². The summed E-state index contributed by atoms with van der Waals surface area (Å²) in [6.07, 6.45) is 2.34.